The Morgan fingerprint density at radius 2 is 2.00 bits per heavy atom. The number of carboxylic acids is 1. The number of phenolic OH excluding ortho intramolecular Hbond substituents is 1. The normalized spacial score (nSPS) is 11.2. The lowest BCUT2D eigenvalue weighted by Gasteiger charge is -2.07. The Hall–Kier alpha value is -3.55. The van der Waals surface area contributed by atoms with E-state index in [-0.39, 0.29) is 23.9 Å². The zero-order valence-corrected chi connectivity index (χ0v) is 13.1. The maximum atomic E-state index is 11.0. The highest BCUT2D eigenvalue weighted by atomic mass is 16.4. The van der Waals surface area contributed by atoms with Crippen LogP contribution in [0.3, 0.4) is 0 Å². The summed E-state index contributed by atoms with van der Waals surface area (Å²) in [5.41, 5.74) is 1.86. The Morgan fingerprint density at radius 3 is 2.64 bits per heavy atom. The molecule has 3 N–H and O–H groups in total. The van der Waals surface area contributed by atoms with Crippen LogP contribution in [0.2, 0.25) is 0 Å². The van der Waals surface area contributed by atoms with E-state index in [1.54, 1.807) is 30.5 Å². The number of rotatable bonds is 6. The Labute approximate surface area is 142 Å². The number of benzene rings is 1. The van der Waals surface area contributed by atoms with Gasteiger partial charge in [0.15, 0.2) is 0 Å². The molecule has 0 aliphatic heterocycles. The minimum atomic E-state index is -1.33. The molecule has 8 heteroatoms. The van der Waals surface area contributed by atoms with Gasteiger partial charge in [-0.2, -0.15) is 0 Å². The van der Waals surface area contributed by atoms with Gasteiger partial charge in [-0.05, 0) is 29.8 Å². The third kappa shape index (κ3) is 3.86. The molecule has 0 radical (unpaired) electrons. The second kappa shape index (κ2) is 6.91. The Balaban J connectivity index is 1.93. The molecule has 0 aliphatic carbocycles. The maximum Gasteiger partial charge on any atom is 0.215 e. The molecule has 1 aromatic carbocycles. The molecular weight excluding hydrogens is 324 g/mol. The number of nitrogens with one attached hydrogen (secondary N) is 1. The van der Waals surface area contributed by atoms with E-state index in [1.165, 1.54) is 18.5 Å². The summed E-state index contributed by atoms with van der Waals surface area (Å²) < 4.78 is 1.16. The molecule has 0 amide bonds. The van der Waals surface area contributed by atoms with Crippen molar-refractivity contribution in [2.75, 3.05) is 0 Å². The summed E-state index contributed by atoms with van der Waals surface area (Å²) in [7, 11) is 0. The van der Waals surface area contributed by atoms with Gasteiger partial charge in [0, 0.05) is 6.42 Å². The molecule has 0 aliphatic rings. The Kier molecular flexibility index (Phi) is 4.51. The maximum absolute atomic E-state index is 11.0. The van der Waals surface area contributed by atoms with Crippen molar-refractivity contribution in [2.45, 2.75) is 13.0 Å². The van der Waals surface area contributed by atoms with Gasteiger partial charge < -0.3 is 25.1 Å². The van der Waals surface area contributed by atoms with Crippen LogP contribution in [0.15, 0.2) is 36.8 Å². The van der Waals surface area contributed by atoms with Gasteiger partial charge >= 0.3 is 0 Å². The van der Waals surface area contributed by atoms with Crippen molar-refractivity contribution in [1.82, 2.24) is 19.5 Å². The molecule has 128 valence electrons. The van der Waals surface area contributed by atoms with E-state index < -0.39 is 12.5 Å². The van der Waals surface area contributed by atoms with E-state index in [1.807, 2.05) is 0 Å². The standard InChI is InChI=1S/C17H16N4O4/c22-13-4-1-11(2-5-13)7-14-17(25)21(9-16(23)24)15(20-14)6-3-12-8-18-10-19-12/h1-6,8,10,22,25H,7,9H2,(H,18,19)(H,23,24)/p-1/b6-3+. The van der Waals surface area contributed by atoms with Crippen LogP contribution in [0.1, 0.15) is 22.8 Å². The molecule has 25 heavy (non-hydrogen) atoms. The highest BCUT2D eigenvalue weighted by Crippen LogP contribution is 2.24. The highest BCUT2D eigenvalue weighted by molar-refractivity contribution is 5.68. The van der Waals surface area contributed by atoms with Gasteiger partial charge in [-0.25, -0.2) is 9.97 Å². The third-order valence-electron chi connectivity index (χ3n) is 3.57. The van der Waals surface area contributed by atoms with Gasteiger partial charge in [-0.15, -0.1) is 0 Å². The molecule has 2 heterocycles. The number of aliphatic carboxylic acids is 1. The molecule has 0 bridgehead atoms. The lowest BCUT2D eigenvalue weighted by Crippen LogP contribution is -2.27. The van der Waals surface area contributed by atoms with Crippen LogP contribution in [-0.4, -0.2) is 35.7 Å². The number of carbonyl (C=O) groups is 1. The first-order chi connectivity index (χ1) is 12.0. The van der Waals surface area contributed by atoms with Gasteiger partial charge in [-0.1, -0.05) is 12.1 Å². The Bertz CT molecular complexity index is 896. The van der Waals surface area contributed by atoms with Gasteiger partial charge in [-0.3, -0.25) is 4.57 Å². The van der Waals surface area contributed by atoms with Crippen molar-refractivity contribution in [3.05, 3.63) is 59.6 Å². The van der Waals surface area contributed by atoms with E-state index in [9.17, 15) is 20.1 Å². The van der Waals surface area contributed by atoms with E-state index >= 15 is 0 Å². The summed E-state index contributed by atoms with van der Waals surface area (Å²) >= 11 is 0. The van der Waals surface area contributed by atoms with E-state index in [0.29, 0.717) is 11.4 Å². The molecule has 2 aromatic heterocycles. The summed E-state index contributed by atoms with van der Waals surface area (Å²) in [6.07, 6.45) is 6.65. The largest absolute Gasteiger partial charge is 0.548 e. The van der Waals surface area contributed by atoms with Gasteiger partial charge in [0.1, 0.15) is 17.3 Å². The minimum Gasteiger partial charge on any atom is -0.548 e. The average Bonchev–Trinajstić information content (AvgIpc) is 3.18. The van der Waals surface area contributed by atoms with Crippen molar-refractivity contribution in [3.63, 3.8) is 0 Å². The number of H-pyrrole nitrogens is 1. The molecule has 0 spiro atoms. The number of carboxylic acid groups (broad SMARTS) is 1. The van der Waals surface area contributed by atoms with E-state index in [0.717, 1.165) is 10.1 Å². The monoisotopic (exact) mass is 339 g/mol. The fourth-order valence-corrected chi connectivity index (χ4v) is 2.37. The number of phenols is 1. The first kappa shape index (κ1) is 16.3. The van der Waals surface area contributed by atoms with E-state index in [2.05, 4.69) is 15.0 Å². The fraction of sp³-hybridized carbons (Fsp3) is 0.118. The second-order valence-corrected chi connectivity index (χ2v) is 5.38. The number of imidazole rings is 2. The number of hydrogen-bond acceptors (Lipinski definition) is 6. The molecule has 0 saturated carbocycles. The molecule has 3 aromatic rings. The SMILES string of the molecule is O=C([O-])Cn1c(/C=C/c2cnc[nH]2)nc(Cc2ccc(O)cc2)c1O. The number of carbonyl (C=O) groups excluding carboxylic acids is 1. The zero-order valence-electron chi connectivity index (χ0n) is 13.1. The average molecular weight is 339 g/mol. The van der Waals surface area contributed by atoms with Crippen molar-refractivity contribution in [2.24, 2.45) is 0 Å². The van der Waals surface area contributed by atoms with Crippen LogP contribution in [0, 0.1) is 0 Å². The predicted octanol–water partition coefficient (Wildman–Crippen LogP) is 0.528. The van der Waals surface area contributed by atoms with Crippen molar-refractivity contribution >= 4 is 18.1 Å². The number of aromatic nitrogens is 4. The summed E-state index contributed by atoms with van der Waals surface area (Å²) in [5.74, 6) is -1.15. The van der Waals surface area contributed by atoms with Crippen molar-refractivity contribution in [3.8, 4) is 11.6 Å². The van der Waals surface area contributed by atoms with Crippen LogP contribution in [-0.2, 0) is 17.8 Å². The smallest absolute Gasteiger partial charge is 0.215 e. The Morgan fingerprint density at radius 1 is 1.24 bits per heavy atom. The summed E-state index contributed by atoms with van der Waals surface area (Å²) in [5, 5.41) is 30.6. The zero-order chi connectivity index (χ0) is 17.8. The fourth-order valence-electron chi connectivity index (χ4n) is 2.37. The number of aromatic amines is 1. The minimum absolute atomic E-state index is 0.138. The molecule has 0 fully saturated rings. The summed E-state index contributed by atoms with van der Waals surface area (Å²) in [6, 6.07) is 6.46. The van der Waals surface area contributed by atoms with E-state index in [4.69, 9.17) is 0 Å². The number of hydrogen-bond donors (Lipinski definition) is 3. The van der Waals surface area contributed by atoms with Gasteiger partial charge in [0.05, 0.1) is 30.7 Å². The number of nitrogens with zero attached hydrogens (tertiary/aromatic N) is 3. The molecule has 8 nitrogen and oxygen atoms in total. The lowest BCUT2D eigenvalue weighted by atomic mass is 10.1. The van der Waals surface area contributed by atoms with Crippen LogP contribution in [0.4, 0.5) is 0 Å². The van der Waals surface area contributed by atoms with Crippen LogP contribution >= 0.6 is 0 Å². The van der Waals surface area contributed by atoms with Crippen molar-refractivity contribution in [1.29, 1.82) is 0 Å². The molecule has 3 rings (SSSR count). The molecular formula is C17H15N4O4-. The van der Waals surface area contributed by atoms with Crippen LogP contribution in [0.5, 0.6) is 11.6 Å². The summed E-state index contributed by atoms with van der Waals surface area (Å²) in [4.78, 5) is 22.1. The second-order valence-electron chi connectivity index (χ2n) is 5.38. The molecule has 0 atom stereocenters. The topological polar surface area (TPSA) is 127 Å². The summed E-state index contributed by atoms with van der Waals surface area (Å²) in [6.45, 7) is -0.517. The highest BCUT2D eigenvalue weighted by Gasteiger charge is 2.15. The first-order valence-electron chi connectivity index (χ1n) is 7.45. The van der Waals surface area contributed by atoms with Crippen LogP contribution in [0.25, 0.3) is 12.2 Å². The van der Waals surface area contributed by atoms with Crippen molar-refractivity contribution < 1.29 is 20.1 Å². The van der Waals surface area contributed by atoms with Gasteiger partial charge in [0.2, 0.25) is 5.88 Å². The van der Waals surface area contributed by atoms with Gasteiger partial charge in [0.25, 0.3) is 0 Å². The van der Waals surface area contributed by atoms with Crippen LogP contribution < -0.4 is 5.11 Å². The predicted molar refractivity (Wildman–Crippen MR) is 87.3 cm³/mol. The third-order valence-corrected chi connectivity index (χ3v) is 3.57. The number of aromatic hydroxyl groups is 2. The lowest BCUT2D eigenvalue weighted by molar-refractivity contribution is -0.306. The quantitative estimate of drug-likeness (QED) is 0.601. The first-order valence-corrected chi connectivity index (χ1v) is 7.45. The molecule has 0 unspecified atom stereocenters. The molecule has 0 saturated heterocycles.